The van der Waals surface area contributed by atoms with E-state index in [9.17, 15) is 13.2 Å². The summed E-state index contributed by atoms with van der Waals surface area (Å²) < 4.78 is 25.4. The van der Waals surface area contributed by atoms with Crippen LogP contribution in [0, 0.1) is 0 Å². The summed E-state index contributed by atoms with van der Waals surface area (Å²) in [6.45, 7) is 2.31. The third-order valence-electron chi connectivity index (χ3n) is 4.76. The highest BCUT2D eigenvalue weighted by atomic mass is 32.2. The summed E-state index contributed by atoms with van der Waals surface area (Å²) in [6, 6.07) is 13.1. The van der Waals surface area contributed by atoms with Crippen LogP contribution in [0.3, 0.4) is 0 Å². The van der Waals surface area contributed by atoms with Crippen LogP contribution in [-0.2, 0) is 23.0 Å². The maximum absolute atomic E-state index is 12.5. The number of carbonyl (C=O) groups excluding carboxylic acids is 1. The van der Waals surface area contributed by atoms with E-state index in [2.05, 4.69) is 5.32 Å². The van der Waals surface area contributed by atoms with Crippen molar-refractivity contribution in [1.29, 1.82) is 0 Å². The van der Waals surface area contributed by atoms with Crippen molar-refractivity contribution in [3.8, 4) is 0 Å². The molecule has 1 amide bonds. The molecule has 0 spiro atoms. The molecule has 0 radical (unpaired) electrons. The fourth-order valence-corrected chi connectivity index (χ4v) is 4.71. The zero-order valence-electron chi connectivity index (χ0n) is 16.1. The van der Waals surface area contributed by atoms with Crippen molar-refractivity contribution in [3.05, 3.63) is 59.2 Å². The lowest BCUT2D eigenvalue weighted by molar-refractivity contribution is 0.0951. The van der Waals surface area contributed by atoms with Crippen molar-refractivity contribution >= 4 is 27.3 Å². The smallest absolute Gasteiger partial charge is 0.251 e. The summed E-state index contributed by atoms with van der Waals surface area (Å²) in [6.07, 6.45) is 1.82. The van der Waals surface area contributed by atoms with Gasteiger partial charge in [0.15, 0.2) is 0 Å². The Balaban J connectivity index is 1.71. The van der Waals surface area contributed by atoms with E-state index in [-0.39, 0.29) is 11.9 Å². The van der Waals surface area contributed by atoms with Gasteiger partial charge in [-0.3, -0.25) is 9.10 Å². The molecule has 2 aromatic carbocycles. The molecule has 2 aromatic rings. The first kappa shape index (κ1) is 19.2. The molecule has 7 heteroatoms. The quantitative estimate of drug-likeness (QED) is 0.855. The molecule has 144 valence electrons. The summed E-state index contributed by atoms with van der Waals surface area (Å²) in [4.78, 5) is 14.5. The van der Waals surface area contributed by atoms with E-state index in [1.165, 1.54) is 10.6 Å². The van der Waals surface area contributed by atoms with E-state index in [4.69, 9.17) is 0 Å². The largest absolute Gasteiger partial charge is 0.378 e. The van der Waals surface area contributed by atoms with E-state index in [1.54, 1.807) is 18.2 Å². The van der Waals surface area contributed by atoms with E-state index >= 15 is 0 Å². The maximum Gasteiger partial charge on any atom is 0.251 e. The predicted octanol–water partition coefficient (Wildman–Crippen LogP) is 2.39. The molecule has 0 aromatic heterocycles. The number of benzene rings is 2. The lowest BCUT2D eigenvalue weighted by Crippen LogP contribution is -2.34. The van der Waals surface area contributed by atoms with Crippen LogP contribution < -0.4 is 14.5 Å². The van der Waals surface area contributed by atoms with E-state index in [0.29, 0.717) is 24.2 Å². The minimum absolute atomic E-state index is 0.136. The predicted molar refractivity (Wildman–Crippen MR) is 109 cm³/mol. The minimum Gasteiger partial charge on any atom is -0.378 e. The minimum atomic E-state index is -3.32. The van der Waals surface area contributed by atoms with Crippen molar-refractivity contribution in [2.24, 2.45) is 0 Å². The Morgan fingerprint density at radius 3 is 2.44 bits per heavy atom. The molecule has 0 fully saturated rings. The second-order valence-corrected chi connectivity index (χ2v) is 9.06. The number of sulfonamides is 1. The summed E-state index contributed by atoms with van der Waals surface area (Å²) in [7, 11) is 0.640. The Kier molecular flexibility index (Phi) is 5.15. The van der Waals surface area contributed by atoms with Crippen molar-refractivity contribution in [1.82, 2.24) is 5.32 Å². The van der Waals surface area contributed by atoms with Crippen LogP contribution in [0.4, 0.5) is 11.4 Å². The molecule has 27 heavy (non-hydrogen) atoms. The van der Waals surface area contributed by atoms with Gasteiger partial charge in [-0.25, -0.2) is 8.42 Å². The molecule has 0 saturated carbocycles. The zero-order chi connectivity index (χ0) is 19.8. The van der Waals surface area contributed by atoms with Gasteiger partial charge in [0.05, 0.1) is 11.9 Å². The number of anilines is 2. The number of hydrogen-bond donors (Lipinski definition) is 1. The summed E-state index contributed by atoms with van der Waals surface area (Å²) in [5, 5.41) is 2.92. The number of amides is 1. The SMILES string of the molecule is C[C@@H]1Cc2cc(C(=O)NCc3ccc(N(C)C)cc3)ccc2N1S(C)(=O)=O. The van der Waals surface area contributed by atoms with Crippen LogP contribution in [0.2, 0.25) is 0 Å². The highest BCUT2D eigenvalue weighted by Crippen LogP contribution is 2.34. The molecule has 1 atom stereocenters. The van der Waals surface area contributed by atoms with Crippen LogP contribution in [0.5, 0.6) is 0 Å². The molecule has 0 unspecified atom stereocenters. The Bertz CT molecular complexity index is 953. The van der Waals surface area contributed by atoms with Crippen LogP contribution in [-0.4, -0.2) is 40.7 Å². The molecular weight excluding hydrogens is 362 g/mol. The Labute approximate surface area is 160 Å². The standard InChI is InChI=1S/C20H25N3O3S/c1-14-11-17-12-16(7-10-19(17)23(14)27(4,25)26)20(24)21-13-15-5-8-18(9-6-15)22(2)3/h5-10,12,14H,11,13H2,1-4H3,(H,21,24)/t14-/m1/s1. The molecule has 0 saturated heterocycles. The maximum atomic E-state index is 12.5. The fourth-order valence-electron chi connectivity index (χ4n) is 3.45. The lowest BCUT2D eigenvalue weighted by Gasteiger charge is -2.21. The monoisotopic (exact) mass is 387 g/mol. The fraction of sp³-hybridized carbons (Fsp3) is 0.350. The van der Waals surface area contributed by atoms with E-state index in [1.807, 2.05) is 50.2 Å². The first-order chi connectivity index (χ1) is 12.7. The number of nitrogens with one attached hydrogen (secondary N) is 1. The van der Waals surface area contributed by atoms with Gasteiger partial charge in [0.2, 0.25) is 10.0 Å². The molecule has 0 aliphatic carbocycles. The second kappa shape index (κ2) is 7.23. The van der Waals surface area contributed by atoms with Gasteiger partial charge in [-0.05, 0) is 54.8 Å². The highest BCUT2D eigenvalue weighted by Gasteiger charge is 2.32. The molecule has 0 bridgehead atoms. The van der Waals surface area contributed by atoms with Crippen molar-refractivity contribution in [3.63, 3.8) is 0 Å². The third-order valence-corrected chi connectivity index (χ3v) is 6.03. The first-order valence-corrected chi connectivity index (χ1v) is 10.7. The van der Waals surface area contributed by atoms with Gasteiger partial charge in [0, 0.05) is 37.9 Å². The van der Waals surface area contributed by atoms with Crippen LogP contribution >= 0.6 is 0 Å². The van der Waals surface area contributed by atoms with Crippen LogP contribution in [0.1, 0.15) is 28.4 Å². The summed E-state index contributed by atoms with van der Waals surface area (Å²) in [5.41, 5.74) is 4.22. The number of rotatable bonds is 5. The lowest BCUT2D eigenvalue weighted by atomic mass is 10.1. The van der Waals surface area contributed by atoms with Gasteiger partial charge in [0.1, 0.15) is 0 Å². The Hall–Kier alpha value is -2.54. The van der Waals surface area contributed by atoms with Gasteiger partial charge >= 0.3 is 0 Å². The molecule has 1 heterocycles. The number of fused-ring (bicyclic) bond motifs is 1. The van der Waals surface area contributed by atoms with Crippen LogP contribution in [0.25, 0.3) is 0 Å². The summed E-state index contributed by atoms with van der Waals surface area (Å²) >= 11 is 0. The number of nitrogens with zero attached hydrogens (tertiary/aromatic N) is 2. The molecule has 1 aliphatic rings. The molecule has 6 nitrogen and oxygen atoms in total. The highest BCUT2D eigenvalue weighted by molar-refractivity contribution is 7.92. The van der Waals surface area contributed by atoms with Crippen molar-refractivity contribution in [2.75, 3.05) is 29.6 Å². The topological polar surface area (TPSA) is 69.7 Å². The molecule has 1 N–H and O–H groups in total. The van der Waals surface area contributed by atoms with Gasteiger partial charge in [0.25, 0.3) is 5.91 Å². The average molecular weight is 388 g/mol. The van der Waals surface area contributed by atoms with Crippen molar-refractivity contribution < 1.29 is 13.2 Å². The van der Waals surface area contributed by atoms with Gasteiger partial charge < -0.3 is 10.2 Å². The van der Waals surface area contributed by atoms with Gasteiger partial charge in [-0.1, -0.05) is 12.1 Å². The third kappa shape index (κ3) is 4.08. The van der Waals surface area contributed by atoms with E-state index < -0.39 is 10.0 Å². The number of hydrogen-bond acceptors (Lipinski definition) is 4. The molecular formula is C20H25N3O3S. The van der Waals surface area contributed by atoms with Crippen LogP contribution in [0.15, 0.2) is 42.5 Å². The molecule has 1 aliphatic heterocycles. The number of carbonyl (C=O) groups is 1. The zero-order valence-corrected chi connectivity index (χ0v) is 16.9. The van der Waals surface area contributed by atoms with Crippen molar-refractivity contribution in [2.45, 2.75) is 25.9 Å². The summed E-state index contributed by atoms with van der Waals surface area (Å²) in [5.74, 6) is -0.167. The Morgan fingerprint density at radius 1 is 1.19 bits per heavy atom. The average Bonchev–Trinajstić information content (AvgIpc) is 2.94. The first-order valence-electron chi connectivity index (χ1n) is 8.83. The van der Waals surface area contributed by atoms with Gasteiger partial charge in [-0.15, -0.1) is 0 Å². The second-order valence-electron chi connectivity index (χ2n) is 7.20. The van der Waals surface area contributed by atoms with Gasteiger partial charge in [-0.2, -0.15) is 0 Å². The normalized spacial score (nSPS) is 16.1. The Morgan fingerprint density at radius 2 is 1.85 bits per heavy atom. The molecule has 3 rings (SSSR count). The van der Waals surface area contributed by atoms with E-state index in [0.717, 1.165) is 16.8 Å².